The Kier molecular flexibility index (Phi) is 10.6. The van der Waals surface area contributed by atoms with E-state index in [4.69, 9.17) is 10.00 Å². The highest BCUT2D eigenvalue weighted by Gasteiger charge is 2.12. The van der Waals surface area contributed by atoms with Crippen molar-refractivity contribution in [1.82, 2.24) is 0 Å². The predicted molar refractivity (Wildman–Crippen MR) is 95.8 cm³/mol. The molecule has 2 aromatic carbocycles. The number of alkyl halides is 4. The molecule has 2 aromatic rings. The fourth-order valence-electron chi connectivity index (χ4n) is 2.17. The van der Waals surface area contributed by atoms with Gasteiger partial charge in [0.1, 0.15) is 11.5 Å². The molecule has 0 fully saturated rings. The van der Waals surface area contributed by atoms with Crippen LogP contribution in [0.1, 0.15) is 18.1 Å². The smallest absolute Gasteiger partial charge is 0.387 e. The van der Waals surface area contributed by atoms with Gasteiger partial charge in [-0.1, -0.05) is 36.4 Å². The lowest BCUT2D eigenvalue weighted by atomic mass is 10.1. The van der Waals surface area contributed by atoms with Crippen LogP contribution in [0.2, 0.25) is 0 Å². The van der Waals surface area contributed by atoms with Crippen LogP contribution in [0.25, 0.3) is 0 Å². The fourth-order valence-corrected chi connectivity index (χ4v) is 2.17. The average Bonchev–Trinajstić information content (AvgIpc) is 2.65. The molecule has 0 radical (unpaired) electrons. The van der Waals surface area contributed by atoms with Crippen molar-refractivity contribution < 1.29 is 36.6 Å². The number of ether oxygens (including phenoxy) is 3. The summed E-state index contributed by atoms with van der Waals surface area (Å²) in [5.74, 6) is -0.391. The monoisotopic (exact) mass is 413 g/mol. The van der Waals surface area contributed by atoms with E-state index in [1.54, 1.807) is 43.3 Å². The van der Waals surface area contributed by atoms with Crippen molar-refractivity contribution in [2.24, 2.45) is 0 Å². The summed E-state index contributed by atoms with van der Waals surface area (Å²) >= 11 is 0. The summed E-state index contributed by atoms with van der Waals surface area (Å²) < 4.78 is 61.0. The lowest BCUT2D eigenvalue weighted by molar-refractivity contribution is -0.142. The van der Waals surface area contributed by atoms with Crippen LogP contribution in [0.4, 0.5) is 17.6 Å². The van der Waals surface area contributed by atoms with E-state index in [1.807, 2.05) is 6.07 Å². The third-order valence-electron chi connectivity index (χ3n) is 3.29. The van der Waals surface area contributed by atoms with Crippen LogP contribution >= 0.6 is 0 Å². The van der Waals surface area contributed by atoms with E-state index < -0.39 is 19.2 Å². The van der Waals surface area contributed by atoms with Gasteiger partial charge in [-0.3, -0.25) is 4.79 Å². The van der Waals surface area contributed by atoms with E-state index in [9.17, 15) is 22.4 Å². The molecule has 0 unspecified atom stereocenters. The Balaban J connectivity index is 0.000000296. The molecule has 0 heterocycles. The summed E-state index contributed by atoms with van der Waals surface area (Å²) in [4.78, 5) is 11.2. The SMILES string of the molecule is CCOC(=O)Cc1ccccc1OC(F)F.N#CCc1ccccc1OC(F)F. The molecule has 0 aromatic heterocycles. The van der Waals surface area contributed by atoms with Crippen molar-refractivity contribution in [3.8, 4) is 17.6 Å². The quantitative estimate of drug-likeness (QED) is 0.462. The largest absolute Gasteiger partial charge is 0.466 e. The van der Waals surface area contributed by atoms with Crippen LogP contribution in [-0.2, 0) is 22.4 Å². The Bertz CT molecular complexity index is 809. The molecular formula is C20H19F4NO4. The van der Waals surface area contributed by atoms with Crippen molar-refractivity contribution in [1.29, 1.82) is 5.26 Å². The molecular weight excluding hydrogens is 394 g/mol. The normalized spacial score (nSPS) is 10.0. The molecule has 0 aliphatic carbocycles. The molecule has 29 heavy (non-hydrogen) atoms. The number of para-hydroxylation sites is 2. The Hall–Kier alpha value is -3.28. The van der Waals surface area contributed by atoms with E-state index in [1.165, 1.54) is 12.1 Å². The first-order valence-electron chi connectivity index (χ1n) is 8.45. The molecule has 0 aliphatic rings. The molecule has 0 N–H and O–H groups in total. The van der Waals surface area contributed by atoms with Gasteiger partial charge in [-0.2, -0.15) is 22.8 Å². The Morgan fingerprint density at radius 1 is 0.931 bits per heavy atom. The van der Waals surface area contributed by atoms with Gasteiger partial charge >= 0.3 is 19.2 Å². The third-order valence-corrected chi connectivity index (χ3v) is 3.29. The van der Waals surface area contributed by atoms with Crippen LogP contribution < -0.4 is 9.47 Å². The minimum atomic E-state index is -2.90. The maximum Gasteiger partial charge on any atom is 0.387 e. The van der Waals surface area contributed by atoms with Gasteiger partial charge in [0.2, 0.25) is 0 Å². The zero-order valence-electron chi connectivity index (χ0n) is 15.5. The van der Waals surface area contributed by atoms with Crippen LogP contribution in [0, 0.1) is 11.3 Å². The first kappa shape index (κ1) is 23.8. The highest BCUT2D eigenvalue weighted by atomic mass is 19.3. The van der Waals surface area contributed by atoms with Gasteiger partial charge in [-0.15, -0.1) is 0 Å². The standard InChI is InChI=1S/C11H12F2O3.C9H7F2NO/c1-2-15-10(14)7-8-5-3-4-6-9(8)16-11(12)13;10-9(11)13-8-4-2-1-3-7(8)5-6-12/h3-6,11H,2,7H2,1H3;1-4,9H,5H2. The first-order valence-corrected chi connectivity index (χ1v) is 8.45. The summed E-state index contributed by atoms with van der Waals surface area (Å²) in [7, 11) is 0. The van der Waals surface area contributed by atoms with Gasteiger partial charge in [-0.05, 0) is 19.1 Å². The zero-order chi connectivity index (χ0) is 21.6. The second-order valence-electron chi connectivity index (χ2n) is 5.29. The predicted octanol–water partition coefficient (Wildman–Crippen LogP) is 4.75. The number of halogens is 4. The molecule has 5 nitrogen and oxygen atoms in total. The van der Waals surface area contributed by atoms with Crippen LogP contribution in [-0.4, -0.2) is 25.8 Å². The first-order chi connectivity index (χ1) is 13.9. The molecule has 0 saturated carbocycles. The van der Waals surface area contributed by atoms with Gasteiger partial charge in [0.05, 0.1) is 25.5 Å². The molecule has 0 bridgehead atoms. The Morgan fingerprint density at radius 3 is 1.90 bits per heavy atom. The summed E-state index contributed by atoms with van der Waals surface area (Å²) in [5, 5.41) is 8.39. The van der Waals surface area contributed by atoms with Gasteiger partial charge in [0.15, 0.2) is 0 Å². The second-order valence-corrected chi connectivity index (χ2v) is 5.29. The Morgan fingerprint density at radius 2 is 1.41 bits per heavy atom. The van der Waals surface area contributed by atoms with E-state index in [0.29, 0.717) is 11.1 Å². The third kappa shape index (κ3) is 9.46. The molecule has 156 valence electrons. The lowest BCUT2D eigenvalue weighted by Crippen LogP contribution is -2.10. The average molecular weight is 413 g/mol. The van der Waals surface area contributed by atoms with E-state index in [-0.39, 0.29) is 30.9 Å². The van der Waals surface area contributed by atoms with Crippen molar-refractivity contribution in [3.63, 3.8) is 0 Å². The maximum absolute atomic E-state index is 12.0. The van der Waals surface area contributed by atoms with Gasteiger partial charge < -0.3 is 14.2 Å². The number of carbonyl (C=O) groups is 1. The minimum absolute atomic E-state index is 0.00514. The number of nitriles is 1. The molecule has 2 rings (SSSR count). The van der Waals surface area contributed by atoms with Crippen LogP contribution in [0.5, 0.6) is 11.5 Å². The van der Waals surface area contributed by atoms with Gasteiger partial charge in [0.25, 0.3) is 0 Å². The molecule has 0 amide bonds. The fraction of sp³-hybridized carbons (Fsp3) is 0.300. The zero-order valence-corrected chi connectivity index (χ0v) is 15.5. The van der Waals surface area contributed by atoms with Gasteiger partial charge in [-0.25, -0.2) is 0 Å². The van der Waals surface area contributed by atoms with E-state index >= 15 is 0 Å². The van der Waals surface area contributed by atoms with Crippen molar-refractivity contribution in [2.75, 3.05) is 6.61 Å². The molecule has 0 atom stereocenters. The molecule has 0 saturated heterocycles. The summed E-state index contributed by atoms with van der Waals surface area (Å²) in [6, 6.07) is 14.3. The van der Waals surface area contributed by atoms with E-state index in [0.717, 1.165) is 0 Å². The van der Waals surface area contributed by atoms with Crippen LogP contribution in [0.15, 0.2) is 48.5 Å². The summed E-state index contributed by atoms with van der Waals surface area (Å²) in [6.07, 6.45) is -0.000370. The summed E-state index contributed by atoms with van der Waals surface area (Å²) in [6.45, 7) is -3.81. The number of rotatable bonds is 8. The van der Waals surface area contributed by atoms with Crippen molar-refractivity contribution >= 4 is 5.97 Å². The number of hydrogen-bond donors (Lipinski definition) is 0. The van der Waals surface area contributed by atoms with Crippen LogP contribution in [0.3, 0.4) is 0 Å². The summed E-state index contributed by atoms with van der Waals surface area (Å²) in [5.41, 5.74) is 0.867. The highest BCUT2D eigenvalue weighted by Crippen LogP contribution is 2.21. The maximum atomic E-state index is 12.0. The second kappa shape index (κ2) is 13.0. The molecule has 9 heteroatoms. The lowest BCUT2D eigenvalue weighted by Gasteiger charge is -2.09. The molecule has 0 aliphatic heterocycles. The molecule has 0 spiro atoms. The number of benzene rings is 2. The Labute approximate surface area is 165 Å². The number of hydrogen-bond acceptors (Lipinski definition) is 5. The van der Waals surface area contributed by atoms with Gasteiger partial charge in [0, 0.05) is 11.1 Å². The topological polar surface area (TPSA) is 68.5 Å². The highest BCUT2D eigenvalue weighted by molar-refractivity contribution is 5.73. The van der Waals surface area contributed by atoms with Crippen molar-refractivity contribution in [3.05, 3.63) is 59.7 Å². The number of carbonyl (C=O) groups excluding carboxylic acids is 1. The number of esters is 1. The minimum Gasteiger partial charge on any atom is -0.466 e. The van der Waals surface area contributed by atoms with E-state index in [2.05, 4.69) is 9.47 Å². The van der Waals surface area contributed by atoms with Crippen molar-refractivity contribution in [2.45, 2.75) is 33.0 Å². The number of nitrogens with zero attached hydrogens (tertiary/aromatic N) is 1.